The minimum Gasteiger partial charge on any atom is -0.353 e. The van der Waals surface area contributed by atoms with E-state index in [0.717, 1.165) is 16.9 Å². The maximum atomic E-state index is 13.2. The topological polar surface area (TPSA) is 103 Å². The summed E-state index contributed by atoms with van der Waals surface area (Å²) in [5.74, 6) is -0.0522. The van der Waals surface area contributed by atoms with Crippen molar-refractivity contribution in [3.05, 3.63) is 52.2 Å². The van der Waals surface area contributed by atoms with Gasteiger partial charge in [-0.05, 0) is 36.9 Å². The number of carbonyl (C=O) groups is 3. The zero-order valence-corrected chi connectivity index (χ0v) is 20.0. The van der Waals surface area contributed by atoms with Gasteiger partial charge in [0.1, 0.15) is 11.9 Å². The van der Waals surface area contributed by atoms with E-state index in [-0.39, 0.29) is 35.9 Å². The molecule has 0 saturated carbocycles. The molecule has 172 valence electrons. The summed E-state index contributed by atoms with van der Waals surface area (Å²) >= 11 is 2.76. The highest BCUT2D eigenvalue weighted by Crippen LogP contribution is 2.34. The van der Waals surface area contributed by atoms with Crippen LogP contribution >= 0.6 is 23.1 Å². The first kappa shape index (κ1) is 23.2. The fourth-order valence-corrected chi connectivity index (χ4v) is 4.88. The van der Waals surface area contributed by atoms with E-state index in [1.54, 1.807) is 11.3 Å². The van der Waals surface area contributed by atoms with Crippen molar-refractivity contribution in [3.63, 3.8) is 0 Å². The summed E-state index contributed by atoms with van der Waals surface area (Å²) in [4.78, 5) is 49.7. The molecule has 2 unspecified atom stereocenters. The van der Waals surface area contributed by atoms with E-state index in [4.69, 9.17) is 0 Å². The molecule has 0 spiro atoms. The van der Waals surface area contributed by atoms with Crippen molar-refractivity contribution in [2.24, 2.45) is 9.98 Å². The molecule has 8 nitrogen and oxygen atoms in total. The van der Waals surface area contributed by atoms with Gasteiger partial charge in [-0.25, -0.2) is 9.89 Å². The van der Waals surface area contributed by atoms with Crippen LogP contribution in [0.3, 0.4) is 0 Å². The molecule has 33 heavy (non-hydrogen) atoms. The number of benzene rings is 1. The Morgan fingerprint density at radius 3 is 2.79 bits per heavy atom. The standard InChI is InChI=1S/C23H25N5O3S2/c1-3-14(2)25-20(30)13-33-23-27-17-9-5-4-8-16(17)21-26-18(22(31)28(21)23)11-19(29)24-12-15-7-6-10-32-15/h4-10,14,18H,3,11-13H2,1-2H3,(H,24,29)(H,25,30). The number of amidine groups is 2. The Kier molecular flexibility index (Phi) is 7.24. The van der Waals surface area contributed by atoms with Gasteiger partial charge in [-0.2, -0.15) is 0 Å². The molecule has 2 atom stereocenters. The molecule has 0 aliphatic carbocycles. The molecule has 0 saturated heterocycles. The van der Waals surface area contributed by atoms with Gasteiger partial charge in [0.05, 0.1) is 24.4 Å². The van der Waals surface area contributed by atoms with Gasteiger partial charge in [0.2, 0.25) is 11.8 Å². The van der Waals surface area contributed by atoms with E-state index in [1.807, 2.05) is 55.6 Å². The molecule has 2 aliphatic rings. The number of carbonyl (C=O) groups excluding carboxylic acids is 3. The lowest BCUT2D eigenvalue weighted by molar-refractivity contribution is -0.128. The number of fused-ring (bicyclic) bond motifs is 3. The highest BCUT2D eigenvalue weighted by Gasteiger charge is 2.42. The van der Waals surface area contributed by atoms with E-state index < -0.39 is 6.04 Å². The molecule has 0 fully saturated rings. The molecule has 2 aromatic rings. The Labute approximate surface area is 200 Å². The Morgan fingerprint density at radius 1 is 1.21 bits per heavy atom. The van der Waals surface area contributed by atoms with Crippen LogP contribution in [0.25, 0.3) is 0 Å². The zero-order valence-electron chi connectivity index (χ0n) is 18.4. The summed E-state index contributed by atoms with van der Waals surface area (Å²) in [6.45, 7) is 4.37. The Balaban J connectivity index is 1.48. The Bertz CT molecular complexity index is 1110. The normalized spacial score (nSPS) is 17.6. The number of rotatable bonds is 8. The van der Waals surface area contributed by atoms with Gasteiger partial charge < -0.3 is 10.6 Å². The Morgan fingerprint density at radius 2 is 2.03 bits per heavy atom. The first-order valence-corrected chi connectivity index (χ1v) is 12.6. The van der Waals surface area contributed by atoms with Crippen LogP contribution in [0.15, 0.2) is 51.8 Å². The minimum absolute atomic E-state index is 0.0428. The second-order valence-corrected chi connectivity index (χ2v) is 9.75. The monoisotopic (exact) mass is 483 g/mol. The number of para-hydroxylation sites is 1. The van der Waals surface area contributed by atoms with Crippen LogP contribution in [0.5, 0.6) is 0 Å². The third kappa shape index (κ3) is 5.33. The number of thiophene rings is 1. The fraction of sp³-hybridized carbons (Fsp3) is 0.348. The van der Waals surface area contributed by atoms with Crippen molar-refractivity contribution in [1.29, 1.82) is 0 Å². The van der Waals surface area contributed by atoms with E-state index >= 15 is 0 Å². The lowest BCUT2D eigenvalue weighted by atomic mass is 10.1. The quantitative estimate of drug-likeness (QED) is 0.602. The third-order valence-electron chi connectivity index (χ3n) is 5.32. The fourth-order valence-electron chi connectivity index (χ4n) is 3.43. The molecule has 1 aromatic carbocycles. The molecule has 2 N–H and O–H groups in total. The van der Waals surface area contributed by atoms with Crippen molar-refractivity contribution < 1.29 is 14.4 Å². The van der Waals surface area contributed by atoms with Crippen LogP contribution in [0.1, 0.15) is 37.1 Å². The Hall–Kier alpha value is -2.98. The number of nitrogens with one attached hydrogen (secondary N) is 2. The summed E-state index contributed by atoms with van der Waals surface area (Å²) in [6.07, 6.45) is 0.793. The van der Waals surface area contributed by atoms with Gasteiger partial charge in [0.25, 0.3) is 5.91 Å². The van der Waals surface area contributed by atoms with Gasteiger partial charge in [0, 0.05) is 16.5 Å². The highest BCUT2D eigenvalue weighted by molar-refractivity contribution is 8.14. The smallest absolute Gasteiger partial charge is 0.259 e. The third-order valence-corrected chi connectivity index (χ3v) is 7.13. The van der Waals surface area contributed by atoms with Crippen LogP contribution in [-0.2, 0) is 20.9 Å². The summed E-state index contributed by atoms with van der Waals surface area (Å²) in [7, 11) is 0. The summed E-state index contributed by atoms with van der Waals surface area (Å²) in [5.41, 5.74) is 1.42. The number of aliphatic imine (C=N–C) groups is 2. The SMILES string of the molecule is CCC(C)NC(=O)CSC1=Nc2ccccc2C2=NC(CC(=O)NCc3cccs3)C(=O)N12. The van der Waals surface area contributed by atoms with Crippen molar-refractivity contribution in [1.82, 2.24) is 15.5 Å². The second kappa shape index (κ2) is 10.3. The molecule has 10 heteroatoms. The van der Waals surface area contributed by atoms with Crippen LogP contribution in [0.2, 0.25) is 0 Å². The molecule has 0 radical (unpaired) electrons. The van der Waals surface area contributed by atoms with Gasteiger partial charge in [0.15, 0.2) is 5.17 Å². The van der Waals surface area contributed by atoms with Gasteiger partial charge in [-0.15, -0.1) is 11.3 Å². The average Bonchev–Trinajstić information content (AvgIpc) is 3.44. The molecular weight excluding hydrogens is 458 g/mol. The van der Waals surface area contributed by atoms with Gasteiger partial charge in [-0.3, -0.25) is 19.4 Å². The summed E-state index contributed by atoms with van der Waals surface area (Å²) in [6, 6.07) is 10.6. The number of thioether (sulfide) groups is 1. The predicted octanol–water partition coefficient (Wildman–Crippen LogP) is 3.06. The van der Waals surface area contributed by atoms with Crippen LogP contribution in [0, 0.1) is 0 Å². The van der Waals surface area contributed by atoms with Crippen molar-refractivity contribution >= 4 is 57.5 Å². The van der Waals surface area contributed by atoms with E-state index in [9.17, 15) is 14.4 Å². The van der Waals surface area contributed by atoms with Gasteiger partial charge >= 0.3 is 0 Å². The maximum absolute atomic E-state index is 13.2. The summed E-state index contributed by atoms with van der Waals surface area (Å²) < 4.78 is 0. The van der Waals surface area contributed by atoms with E-state index in [0.29, 0.717) is 23.2 Å². The molecule has 3 amide bonds. The number of hydrogen-bond donors (Lipinski definition) is 2. The molecule has 1 aromatic heterocycles. The van der Waals surface area contributed by atoms with Crippen molar-refractivity contribution in [2.45, 2.75) is 45.3 Å². The molecular formula is C23H25N5O3S2. The molecule has 2 aliphatic heterocycles. The zero-order chi connectivity index (χ0) is 23.4. The van der Waals surface area contributed by atoms with E-state index in [1.165, 1.54) is 16.7 Å². The second-order valence-electron chi connectivity index (χ2n) is 7.78. The van der Waals surface area contributed by atoms with Crippen LogP contribution < -0.4 is 10.6 Å². The number of nitrogens with zero attached hydrogens (tertiary/aromatic N) is 3. The molecule has 4 rings (SSSR count). The van der Waals surface area contributed by atoms with Crippen molar-refractivity contribution in [2.75, 3.05) is 5.75 Å². The minimum atomic E-state index is -0.825. The van der Waals surface area contributed by atoms with Crippen molar-refractivity contribution in [3.8, 4) is 0 Å². The number of amides is 3. The summed E-state index contributed by atoms with van der Waals surface area (Å²) in [5, 5.41) is 8.12. The first-order valence-electron chi connectivity index (χ1n) is 10.8. The largest absolute Gasteiger partial charge is 0.353 e. The first-order chi connectivity index (χ1) is 16.0. The predicted molar refractivity (Wildman–Crippen MR) is 132 cm³/mol. The van der Waals surface area contributed by atoms with Crippen LogP contribution in [-0.4, -0.2) is 51.5 Å². The van der Waals surface area contributed by atoms with E-state index in [2.05, 4.69) is 20.6 Å². The number of hydrogen-bond acceptors (Lipinski definition) is 7. The maximum Gasteiger partial charge on any atom is 0.259 e. The lowest BCUT2D eigenvalue weighted by Crippen LogP contribution is -2.42. The molecule has 3 heterocycles. The van der Waals surface area contributed by atoms with Crippen LogP contribution in [0.4, 0.5) is 5.69 Å². The highest BCUT2D eigenvalue weighted by atomic mass is 32.2. The van der Waals surface area contributed by atoms with Gasteiger partial charge in [-0.1, -0.05) is 36.9 Å². The molecule has 0 bridgehead atoms. The average molecular weight is 484 g/mol. The lowest BCUT2D eigenvalue weighted by Gasteiger charge is -2.25.